The molecule has 0 aromatic rings. The van der Waals surface area contributed by atoms with Gasteiger partial charge in [0.05, 0.1) is 12.0 Å². The third-order valence-electron chi connectivity index (χ3n) is 1.13. The summed E-state index contributed by atoms with van der Waals surface area (Å²) in [6.45, 7) is 3.73. The Hall–Kier alpha value is -0.0100. The van der Waals surface area contributed by atoms with Crippen LogP contribution in [0.5, 0.6) is 0 Å². The lowest BCUT2D eigenvalue weighted by Crippen LogP contribution is -2.08. The maximum Gasteiger partial charge on any atom is 0.0882 e. The summed E-state index contributed by atoms with van der Waals surface area (Å²) in [5, 5.41) is 8.93. The highest BCUT2D eigenvalue weighted by Gasteiger charge is 2.00. The van der Waals surface area contributed by atoms with Gasteiger partial charge < -0.3 is 5.11 Å². The predicted octanol–water partition coefficient (Wildman–Crippen LogP) is 1.55. The molecule has 0 fully saturated rings. The van der Waals surface area contributed by atoms with Crippen LogP contribution in [0.25, 0.3) is 0 Å². The second-order valence-electron chi connectivity index (χ2n) is 1.70. The van der Waals surface area contributed by atoms with E-state index in [4.69, 9.17) is 16.7 Å². The van der Waals surface area contributed by atoms with Gasteiger partial charge in [-0.2, -0.15) is 0 Å². The van der Waals surface area contributed by atoms with E-state index in [1.54, 1.807) is 0 Å². The zero-order chi connectivity index (χ0) is 6.57. The highest BCUT2D eigenvalue weighted by Crippen LogP contribution is 2.01. The van der Waals surface area contributed by atoms with Gasteiger partial charge in [0.2, 0.25) is 0 Å². The Morgan fingerprint density at radius 2 is 2.38 bits per heavy atom. The molecule has 1 unspecified atom stereocenters. The normalized spacial score (nSPS) is 16.2. The molecule has 0 heterocycles. The number of aliphatic hydroxyl groups is 1. The van der Waals surface area contributed by atoms with Gasteiger partial charge in [-0.05, 0) is 19.4 Å². The number of alkyl halides is 1. The maximum absolute atomic E-state index is 8.93. The predicted molar refractivity (Wildman–Crippen MR) is 36.2 cm³/mol. The van der Waals surface area contributed by atoms with Gasteiger partial charge in [-0.25, -0.2) is 0 Å². The molecule has 1 atom stereocenters. The number of halogens is 1. The van der Waals surface area contributed by atoms with Crippen LogP contribution in [0, 0.1) is 0 Å². The SMILES string of the molecule is C/C=C(\C)C(O)CCl. The van der Waals surface area contributed by atoms with Gasteiger partial charge >= 0.3 is 0 Å². The monoisotopic (exact) mass is 134 g/mol. The van der Waals surface area contributed by atoms with Crippen molar-refractivity contribution in [3.05, 3.63) is 11.6 Å². The van der Waals surface area contributed by atoms with Crippen LogP contribution in [0.3, 0.4) is 0 Å². The van der Waals surface area contributed by atoms with Crippen molar-refractivity contribution in [3.63, 3.8) is 0 Å². The van der Waals surface area contributed by atoms with E-state index >= 15 is 0 Å². The van der Waals surface area contributed by atoms with E-state index in [0.29, 0.717) is 0 Å². The maximum atomic E-state index is 8.93. The smallest absolute Gasteiger partial charge is 0.0882 e. The number of aliphatic hydroxyl groups excluding tert-OH is 1. The third-order valence-corrected chi connectivity index (χ3v) is 1.42. The van der Waals surface area contributed by atoms with Crippen LogP contribution in [-0.2, 0) is 0 Å². The molecule has 0 bridgehead atoms. The molecule has 8 heavy (non-hydrogen) atoms. The molecule has 48 valence electrons. The summed E-state index contributed by atoms with van der Waals surface area (Å²) in [6, 6.07) is 0. The second-order valence-corrected chi connectivity index (χ2v) is 2.01. The second kappa shape index (κ2) is 3.93. The lowest BCUT2D eigenvalue weighted by Gasteiger charge is -2.03. The van der Waals surface area contributed by atoms with Crippen LogP contribution in [0.4, 0.5) is 0 Å². The Bertz CT molecular complexity index is 88.5. The van der Waals surface area contributed by atoms with E-state index in [9.17, 15) is 0 Å². The zero-order valence-corrected chi connectivity index (χ0v) is 5.94. The average Bonchev–Trinajstić information content (AvgIpc) is 1.84. The van der Waals surface area contributed by atoms with Crippen molar-refractivity contribution in [3.8, 4) is 0 Å². The number of allylic oxidation sites excluding steroid dienone is 1. The van der Waals surface area contributed by atoms with Crippen LogP contribution >= 0.6 is 11.6 Å². The first-order valence-corrected chi connectivity index (χ1v) is 3.12. The lowest BCUT2D eigenvalue weighted by atomic mass is 10.2. The fourth-order valence-electron chi connectivity index (χ4n) is 0.314. The Morgan fingerprint density at radius 1 is 1.88 bits per heavy atom. The van der Waals surface area contributed by atoms with E-state index in [1.165, 1.54) is 0 Å². The number of hydrogen-bond donors (Lipinski definition) is 1. The van der Waals surface area contributed by atoms with Crippen molar-refractivity contribution in [2.24, 2.45) is 0 Å². The minimum atomic E-state index is -0.457. The molecule has 0 rings (SSSR count). The van der Waals surface area contributed by atoms with Crippen LogP contribution in [0.2, 0.25) is 0 Å². The van der Waals surface area contributed by atoms with Crippen LogP contribution in [0.1, 0.15) is 13.8 Å². The van der Waals surface area contributed by atoms with E-state index in [-0.39, 0.29) is 5.88 Å². The molecule has 0 amide bonds. The van der Waals surface area contributed by atoms with Crippen LogP contribution < -0.4 is 0 Å². The Labute approximate surface area is 55.0 Å². The van der Waals surface area contributed by atoms with Crippen molar-refractivity contribution in [1.29, 1.82) is 0 Å². The molecule has 0 saturated heterocycles. The number of hydrogen-bond acceptors (Lipinski definition) is 1. The summed E-state index contributed by atoms with van der Waals surface area (Å²) in [7, 11) is 0. The van der Waals surface area contributed by atoms with Gasteiger partial charge in [-0.15, -0.1) is 11.6 Å². The summed E-state index contributed by atoms with van der Waals surface area (Å²) in [6.07, 6.45) is 1.40. The average molecular weight is 135 g/mol. The first kappa shape index (κ1) is 7.99. The Morgan fingerprint density at radius 3 is 2.50 bits per heavy atom. The molecule has 2 heteroatoms. The minimum absolute atomic E-state index is 0.288. The van der Waals surface area contributed by atoms with E-state index < -0.39 is 6.10 Å². The quantitative estimate of drug-likeness (QED) is 0.449. The van der Waals surface area contributed by atoms with Crippen LogP contribution in [0.15, 0.2) is 11.6 Å². The van der Waals surface area contributed by atoms with Crippen molar-refractivity contribution < 1.29 is 5.11 Å². The van der Waals surface area contributed by atoms with Gasteiger partial charge in [0, 0.05) is 0 Å². The van der Waals surface area contributed by atoms with Crippen molar-refractivity contribution in [1.82, 2.24) is 0 Å². The molecule has 0 saturated carbocycles. The lowest BCUT2D eigenvalue weighted by molar-refractivity contribution is 0.234. The summed E-state index contributed by atoms with van der Waals surface area (Å²) >= 11 is 5.33. The molecule has 0 aromatic carbocycles. The third kappa shape index (κ3) is 2.34. The van der Waals surface area contributed by atoms with E-state index in [0.717, 1.165) is 5.57 Å². The zero-order valence-electron chi connectivity index (χ0n) is 5.19. The molecule has 0 aliphatic heterocycles. The van der Waals surface area contributed by atoms with Gasteiger partial charge in [0.25, 0.3) is 0 Å². The first-order valence-electron chi connectivity index (χ1n) is 2.59. The van der Waals surface area contributed by atoms with Gasteiger partial charge in [-0.1, -0.05) is 6.08 Å². The molecule has 0 spiro atoms. The summed E-state index contributed by atoms with van der Waals surface area (Å²) in [5.41, 5.74) is 0.931. The fraction of sp³-hybridized carbons (Fsp3) is 0.667. The van der Waals surface area contributed by atoms with Crippen molar-refractivity contribution in [2.45, 2.75) is 20.0 Å². The van der Waals surface area contributed by atoms with Gasteiger partial charge in [-0.3, -0.25) is 0 Å². The van der Waals surface area contributed by atoms with Crippen molar-refractivity contribution >= 4 is 11.6 Å². The van der Waals surface area contributed by atoms with Gasteiger partial charge in [0.1, 0.15) is 0 Å². The molecular weight excluding hydrogens is 124 g/mol. The number of rotatable bonds is 2. The minimum Gasteiger partial charge on any atom is -0.388 e. The molecule has 0 aliphatic carbocycles. The highest BCUT2D eigenvalue weighted by atomic mass is 35.5. The summed E-state index contributed by atoms with van der Waals surface area (Å²) in [5.74, 6) is 0.288. The topological polar surface area (TPSA) is 20.2 Å². The van der Waals surface area contributed by atoms with Gasteiger partial charge in [0.15, 0.2) is 0 Å². The summed E-state index contributed by atoms with van der Waals surface area (Å²) in [4.78, 5) is 0. The van der Waals surface area contributed by atoms with Crippen LogP contribution in [-0.4, -0.2) is 17.1 Å². The largest absolute Gasteiger partial charge is 0.388 e. The van der Waals surface area contributed by atoms with E-state index in [2.05, 4.69) is 0 Å². The first-order chi connectivity index (χ1) is 3.72. The van der Waals surface area contributed by atoms with Crippen molar-refractivity contribution in [2.75, 3.05) is 5.88 Å². The summed E-state index contributed by atoms with van der Waals surface area (Å²) < 4.78 is 0. The molecular formula is C6H11ClO. The highest BCUT2D eigenvalue weighted by molar-refractivity contribution is 6.18. The standard InChI is InChI=1S/C6H11ClO/c1-3-5(2)6(8)4-7/h3,6,8H,4H2,1-2H3/b5-3+. The molecule has 0 aromatic heterocycles. The Balaban J connectivity index is 3.63. The molecule has 1 nitrogen and oxygen atoms in total. The van der Waals surface area contributed by atoms with E-state index in [1.807, 2.05) is 19.9 Å². The molecule has 0 aliphatic rings. The fourth-order valence-corrected chi connectivity index (χ4v) is 0.557. The molecule has 1 N–H and O–H groups in total. The Kier molecular flexibility index (Phi) is 3.92. The molecule has 0 radical (unpaired) electrons.